The van der Waals surface area contributed by atoms with E-state index in [1.54, 1.807) is 0 Å². The molecule has 0 aliphatic rings. The number of hydrogen-bond acceptors (Lipinski definition) is 3. The Balaban J connectivity index is 2.08. The van der Waals surface area contributed by atoms with E-state index in [9.17, 15) is 9.90 Å². The molecule has 0 aromatic heterocycles. The number of carboxylic acid groups (broad SMARTS) is 1. The van der Waals surface area contributed by atoms with Crippen LogP contribution in [-0.2, 0) is 4.79 Å². The molecule has 0 saturated heterocycles. The lowest BCUT2D eigenvalue weighted by molar-refractivity contribution is -0.134. The molecule has 98 valence electrons. The van der Waals surface area contributed by atoms with Gasteiger partial charge in [-0.05, 0) is 31.2 Å². The fraction of sp³-hybridized carbons (Fsp3) is 0.133. The average molecular weight is 290 g/mol. The first kappa shape index (κ1) is 14.0. The molecule has 0 fully saturated rings. The van der Waals surface area contributed by atoms with E-state index in [0.717, 1.165) is 9.79 Å². The zero-order chi connectivity index (χ0) is 13.7. The Morgan fingerprint density at radius 3 is 2.00 bits per heavy atom. The third-order valence-corrected chi connectivity index (χ3v) is 4.95. The maximum absolute atomic E-state index is 11.3. The molecule has 2 aromatic rings. The molecule has 2 aromatic carbocycles. The summed E-state index contributed by atoms with van der Waals surface area (Å²) < 4.78 is -0.537. The van der Waals surface area contributed by atoms with E-state index in [4.69, 9.17) is 0 Å². The fourth-order valence-corrected chi connectivity index (χ4v) is 3.65. The van der Waals surface area contributed by atoms with Gasteiger partial charge in [0.05, 0.1) is 0 Å². The van der Waals surface area contributed by atoms with E-state index >= 15 is 0 Å². The molecule has 1 atom stereocenters. The van der Waals surface area contributed by atoms with Crippen molar-refractivity contribution in [3.63, 3.8) is 0 Å². The quantitative estimate of drug-likeness (QED) is 0.658. The Hall–Kier alpha value is -1.39. The summed E-state index contributed by atoms with van der Waals surface area (Å²) in [6.45, 7) is 2.02. The van der Waals surface area contributed by atoms with Gasteiger partial charge in [0.1, 0.15) is 0 Å². The molecule has 0 aliphatic heterocycles. The molecule has 19 heavy (non-hydrogen) atoms. The van der Waals surface area contributed by atoms with Gasteiger partial charge in [0.15, 0.2) is 4.58 Å². The maximum atomic E-state index is 11.3. The first-order valence-electron chi connectivity index (χ1n) is 5.83. The highest BCUT2D eigenvalue weighted by atomic mass is 32.2. The summed E-state index contributed by atoms with van der Waals surface area (Å²) in [5.41, 5.74) is 1.17. The van der Waals surface area contributed by atoms with Crippen LogP contribution in [0.4, 0.5) is 0 Å². The van der Waals surface area contributed by atoms with Gasteiger partial charge < -0.3 is 5.11 Å². The minimum atomic E-state index is -0.806. The van der Waals surface area contributed by atoms with Crippen LogP contribution < -0.4 is 0 Å². The van der Waals surface area contributed by atoms with E-state index in [1.165, 1.54) is 29.1 Å². The molecule has 0 aliphatic carbocycles. The number of aryl methyl sites for hydroxylation is 1. The van der Waals surface area contributed by atoms with E-state index in [0.29, 0.717) is 0 Å². The Morgan fingerprint density at radius 2 is 1.47 bits per heavy atom. The number of aliphatic carboxylic acids is 1. The Morgan fingerprint density at radius 1 is 0.947 bits per heavy atom. The van der Waals surface area contributed by atoms with Crippen LogP contribution in [0.3, 0.4) is 0 Å². The molecule has 2 rings (SSSR count). The van der Waals surface area contributed by atoms with E-state index in [-0.39, 0.29) is 0 Å². The van der Waals surface area contributed by atoms with Gasteiger partial charge in [-0.2, -0.15) is 0 Å². The van der Waals surface area contributed by atoms with Crippen LogP contribution in [0.25, 0.3) is 0 Å². The largest absolute Gasteiger partial charge is 0.480 e. The van der Waals surface area contributed by atoms with Gasteiger partial charge in [-0.1, -0.05) is 59.4 Å². The minimum absolute atomic E-state index is 0.537. The molecule has 0 radical (unpaired) electrons. The van der Waals surface area contributed by atoms with Crippen LogP contribution in [-0.4, -0.2) is 15.7 Å². The molecule has 1 N–H and O–H groups in total. The van der Waals surface area contributed by atoms with Crippen molar-refractivity contribution in [2.24, 2.45) is 0 Å². The number of carbonyl (C=O) groups is 1. The first-order valence-corrected chi connectivity index (χ1v) is 7.59. The lowest BCUT2D eigenvalue weighted by atomic mass is 10.2. The topological polar surface area (TPSA) is 37.3 Å². The summed E-state index contributed by atoms with van der Waals surface area (Å²) in [5.74, 6) is -0.806. The number of benzene rings is 2. The number of thioether (sulfide) groups is 2. The molecule has 4 heteroatoms. The molecule has 2 nitrogen and oxygen atoms in total. The third-order valence-electron chi connectivity index (χ3n) is 2.45. The van der Waals surface area contributed by atoms with Crippen LogP contribution in [0, 0.1) is 6.92 Å². The predicted molar refractivity (Wildman–Crippen MR) is 80.8 cm³/mol. The Kier molecular flexibility index (Phi) is 4.93. The molecule has 0 amide bonds. The van der Waals surface area contributed by atoms with Gasteiger partial charge in [-0.15, -0.1) is 0 Å². The van der Waals surface area contributed by atoms with Crippen LogP contribution in [0.5, 0.6) is 0 Å². The van der Waals surface area contributed by atoms with Crippen molar-refractivity contribution in [2.45, 2.75) is 21.3 Å². The van der Waals surface area contributed by atoms with Crippen molar-refractivity contribution in [1.82, 2.24) is 0 Å². The van der Waals surface area contributed by atoms with E-state index in [2.05, 4.69) is 0 Å². The zero-order valence-corrected chi connectivity index (χ0v) is 12.1. The summed E-state index contributed by atoms with van der Waals surface area (Å²) in [6, 6.07) is 17.5. The number of carboxylic acids is 1. The van der Waals surface area contributed by atoms with Crippen LogP contribution in [0.1, 0.15) is 5.56 Å². The van der Waals surface area contributed by atoms with Crippen molar-refractivity contribution in [2.75, 3.05) is 0 Å². The smallest absolute Gasteiger partial charge is 0.327 e. The first-order chi connectivity index (χ1) is 9.15. The summed E-state index contributed by atoms with van der Waals surface area (Å²) in [4.78, 5) is 13.3. The number of rotatable bonds is 5. The second-order valence-corrected chi connectivity index (χ2v) is 6.69. The van der Waals surface area contributed by atoms with Gasteiger partial charge in [0, 0.05) is 9.79 Å². The van der Waals surface area contributed by atoms with Crippen molar-refractivity contribution >= 4 is 29.5 Å². The van der Waals surface area contributed by atoms with Crippen molar-refractivity contribution in [3.8, 4) is 0 Å². The highest BCUT2D eigenvalue weighted by Crippen LogP contribution is 2.35. The molecule has 0 bridgehead atoms. The van der Waals surface area contributed by atoms with Gasteiger partial charge in [0.25, 0.3) is 0 Å². The maximum Gasteiger partial charge on any atom is 0.327 e. The second kappa shape index (κ2) is 6.68. The molecule has 0 spiro atoms. The molecular formula is C15H14O2S2. The Bertz CT molecular complexity index is 538. The second-order valence-electron chi connectivity index (χ2n) is 4.03. The predicted octanol–water partition coefficient (Wildman–Crippen LogP) is 4.29. The molecule has 1 unspecified atom stereocenters. The standard InChI is InChI=1S/C15H14O2S2/c1-11-7-9-13(10-8-11)19-15(14(16)17)18-12-5-3-2-4-6-12/h2-10,15H,1H3,(H,16,17). The summed E-state index contributed by atoms with van der Waals surface area (Å²) in [5, 5.41) is 9.31. The van der Waals surface area contributed by atoms with E-state index < -0.39 is 10.6 Å². The van der Waals surface area contributed by atoms with Crippen molar-refractivity contribution in [1.29, 1.82) is 0 Å². The lowest BCUT2D eigenvalue weighted by Crippen LogP contribution is -2.11. The average Bonchev–Trinajstić information content (AvgIpc) is 2.41. The van der Waals surface area contributed by atoms with Gasteiger partial charge in [-0.3, -0.25) is 4.79 Å². The Labute approximate surface area is 121 Å². The lowest BCUT2D eigenvalue weighted by Gasteiger charge is -2.11. The van der Waals surface area contributed by atoms with Gasteiger partial charge in [0.2, 0.25) is 0 Å². The highest BCUT2D eigenvalue weighted by Gasteiger charge is 2.20. The molecule has 0 heterocycles. The normalized spacial score (nSPS) is 12.1. The number of hydrogen-bond donors (Lipinski definition) is 1. The third kappa shape index (κ3) is 4.33. The summed E-state index contributed by atoms with van der Waals surface area (Å²) in [6.07, 6.45) is 0. The van der Waals surface area contributed by atoms with Gasteiger partial charge >= 0.3 is 5.97 Å². The van der Waals surface area contributed by atoms with Crippen LogP contribution >= 0.6 is 23.5 Å². The van der Waals surface area contributed by atoms with Crippen LogP contribution in [0.2, 0.25) is 0 Å². The molecule has 0 saturated carbocycles. The van der Waals surface area contributed by atoms with Crippen molar-refractivity contribution in [3.05, 3.63) is 60.2 Å². The van der Waals surface area contributed by atoms with Gasteiger partial charge in [-0.25, -0.2) is 0 Å². The minimum Gasteiger partial charge on any atom is -0.480 e. The monoisotopic (exact) mass is 290 g/mol. The van der Waals surface area contributed by atoms with Crippen LogP contribution in [0.15, 0.2) is 64.4 Å². The zero-order valence-electron chi connectivity index (χ0n) is 10.4. The summed E-state index contributed by atoms with van der Waals surface area (Å²) >= 11 is 2.72. The fourth-order valence-electron chi connectivity index (χ4n) is 1.49. The van der Waals surface area contributed by atoms with Crippen molar-refractivity contribution < 1.29 is 9.90 Å². The SMILES string of the molecule is Cc1ccc(SC(Sc2ccccc2)C(=O)O)cc1. The van der Waals surface area contributed by atoms with E-state index in [1.807, 2.05) is 61.5 Å². The summed E-state index contributed by atoms with van der Waals surface area (Å²) in [7, 11) is 0. The molecular weight excluding hydrogens is 276 g/mol. The highest BCUT2D eigenvalue weighted by molar-refractivity contribution is 8.18.